The number of carboxylic acid groups (broad SMARTS) is 1. The number of rotatable bonds is 6. The molecular formula is C12H16ClNO3. The van der Waals surface area contributed by atoms with Gasteiger partial charge in [0.25, 0.3) is 0 Å². The van der Waals surface area contributed by atoms with E-state index in [1.807, 2.05) is 0 Å². The molecule has 1 unspecified atom stereocenters. The monoisotopic (exact) mass is 257 g/mol. The van der Waals surface area contributed by atoms with Crippen molar-refractivity contribution in [1.29, 1.82) is 0 Å². The molecule has 0 radical (unpaired) electrons. The molecule has 0 saturated carbocycles. The summed E-state index contributed by atoms with van der Waals surface area (Å²) in [5.41, 5.74) is 0.0137. The largest absolute Gasteiger partial charge is 0.478 e. The molecule has 5 heteroatoms. The minimum Gasteiger partial charge on any atom is -0.478 e. The SMILES string of the molecule is CCCC(C)COc1nccc(C(=O)O)c1Cl. The van der Waals surface area contributed by atoms with E-state index >= 15 is 0 Å². The van der Waals surface area contributed by atoms with E-state index in [2.05, 4.69) is 18.8 Å². The van der Waals surface area contributed by atoms with Gasteiger partial charge in [-0.25, -0.2) is 9.78 Å². The average Bonchev–Trinajstić information content (AvgIpc) is 2.27. The van der Waals surface area contributed by atoms with Crippen LogP contribution in [0.1, 0.15) is 37.0 Å². The van der Waals surface area contributed by atoms with Crippen LogP contribution in [0.3, 0.4) is 0 Å². The van der Waals surface area contributed by atoms with Crippen LogP contribution in [-0.4, -0.2) is 22.7 Å². The van der Waals surface area contributed by atoms with Gasteiger partial charge in [-0.1, -0.05) is 31.9 Å². The highest BCUT2D eigenvalue weighted by Crippen LogP contribution is 2.26. The third kappa shape index (κ3) is 3.89. The molecule has 0 amide bonds. The zero-order valence-corrected chi connectivity index (χ0v) is 10.7. The number of ether oxygens (including phenoxy) is 1. The van der Waals surface area contributed by atoms with Crippen LogP contribution in [0.4, 0.5) is 0 Å². The zero-order chi connectivity index (χ0) is 12.8. The molecule has 94 valence electrons. The van der Waals surface area contributed by atoms with E-state index in [9.17, 15) is 4.79 Å². The predicted molar refractivity (Wildman–Crippen MR) is 65.8 cm³/mol. The van der Waals surface area contributed by atoms with Gasteiger partial charge in [-0.3, -0.25) is 0 Å². The molecule has 4 nitrogen and oxygen atoms in total. The minimum atomic E-state index is -1.08. The van der Waals surface area contributed by atoms with Crippen molar-refractivity contribution in [2.75, 3.05) is 6.61 Å². The Morgan fingerprint density at radius 2 is 2.35 bits per heavy atom. The topological polar surface area (TPSA) is 59.4 Å². The van der Waals surface area contributed by atoms with Gasteiger partial charge in [-0.05, 0) is 18.4 Å². The van der Waals surface area contributed by atoms with E-state index in [0.717, 1.165) is 12.8 Å². The second-order valence-electron chi connectivity index (χ2n) is 3.99. The molecule has 0 aliphatic heterocycles. The molecule has 0 saturated heterocycles. The summed E-state index contributed by atoms with van der Waals surface area (Å²) < 4.78 is 5.44. The molecule has 0 fully saturated rings. The Labute approximate surface area is 106 Å². The molecule has 1 rings (SSSR count). The van der Waals surface area contributed by atoms with Crippen LogP contribution in [-0.2, 0) is 0 Å². The standard InChI is InChI=1S/C12H16ClNO3/c1-3-4-8(2)7-17-11-10(13)9(12(15)16)5-6-14-11/h5-6,8H,3-4,7H2,1-2H3,(H,15,16). The number of pyridine rings is 1. The summed E-state index contributed by atoms with van der Waals surface area (Å²) in [7, 11) is 0. The number of aromatic carboxylic acids is 1. The van der Waals surface area contributed by atoms with Gasteiger partial charge in [0, 0.05) is 6.20 Å². The first-order valence-corrected chi connectivity index (χ1v) is 5.94. The van der Waals surface area contributed by atoms with E-state index < -0.39 is 5.97 Å². The van der Waals surface area contributed by atoms with Gasteiger partial charge < -0.3 is 9.84 Å². The normalized spacial score (nSPS) is 12.2. The second kappa shape index (κ2) is 6.45. The Hall–Kier alpha value is -1.29. The molecular weight excluding hydrogens is 242 g/mol. The van der Waals surface area contributed by atoms with Crippen LogP contribution >= 0.6 is 11.6 Å². The van der Waals surface area contributed by atoms with E-state index in [1.165, 1.54) is 12.3 Å². The van der Waals surface area contributed by atoms with Crippen LogP contribution in [0.15, 0.2) is 12.3 Å². The molecule has 0 aliphatic carbocycles. The number of halogens is 1. The first kappa shape index (κ1) is 13.8. The number of hydrogen-bond acceptors (Lipinski definition) is 3. The summed E-state index contributed by atoms with van der Waals surface area (Å²) in [4.78, 5) is 14.8. The van der Waals surface area contributed by atoms with Crippen molar-refractivity contribution in [2.24, 2.45) is 5.92 Å². The van der Waals surface area contributed by atoms with E-state index in [1.54, 1.807) is 0 Å². The van der Waals surface area contributed by atoms with Crippen molar-refractivity contribution < 1.29 is 14.6 Å². The average molecular weight is 258 g/mol. The molecule has 17 heavy (non-hydrogen) atoms. The summed E-state index contributed by atoms with van der Waals surface area (Å²) in [6, 6.07) is 1.35. The molecule has 1 N–H and O–H groups in total. The molecule has 1 aromatic heterocycles. The lowest BCUT2D eigenvalue weighted by Gasteiger charge is -2.12. The van der Waals surface area contributed by atoms with Crippen LogP contribution in [0.2, 0.25) is 5.02 Å². The molecule has 0 bridgehead atoms. The van der Waals surface area contributed by atoms with Crippen molar-refractivity contribution in [2.45, 2.75) is 26.7 Å². The first-order valence-electron chi connectivity index (χ1n) is 5.56. The van der Waals surface area contributed by atoms with E-state index in [4.69, 9.17) is 21.4 Å². The molecule has 1 heterocycles. The maximum Gasteiger partial charge on any atom is 0.337 e. The Balaban J connectivity index is 2.72. The lowest BCUT2D eigenvalue weighted by Crippen LogP contribution is -2.10. The van der Waals surface area contributed by atoms with Gasteiger partial charge in [0.2, 0.25) is 5.88 Å². The van der Waals surface area contributed by atoms with E-state index in [-0.39, 0.29) is 16.5 Å². The number of carboxylic acids is 1. The Bertz CT molecular complexity index is 395. The highest BCUT2D eigenvalue weighted by atomic mass is 35.5. The molecule has 1 atom stereocenters. The van der Waals surface area contributed by atoms with Crippen molar-refractivity contribution in [3.63, 3.8) is 0 Å². The van der Waals surface area contributed by atoms with Crippen LogP contribution in [0.5, 0.6) is 5.88 Å². The van der Waals surface area contributed by atoms with Crippen molar-refractivity contribution in [1.82, 2.24) is 4.98 Å². The maximum atomic E-state index is 10.8. The third-order valence-electron chi connectivity index (χ3n) is 2.37. The van der Waals surface area contributed by atoms with Crippen molar-refractivity contribution in [3.8, 4) is 5.88 Å². The summed E-state index contributed by atoms with van der Waals surface area (Å²) in [6.45, 7) is 4.66. The van der Waals surface area contributed by atoms with E-state index in [0.29, 0.717) is 12.5 Å². The number of nitrogens with zero attached hydrogens (tertiary/aromatic N) is 1. The fraction of sp³-hybridized carbons (Fsp3) is 0.500. The molecule has 0 spiro atoms. The first-order chi connectivity index (χ1) is 8.06. The highest BCUT2D eigenvalue weighted by molar-refractivity contribution is 6.34. The smallest absolute Gasteiger partial charge is 0.337 e. The fourth-order valence-corrected chi connectivity index (χ4v) is 1.73. The third-order valence-corrected chi connectivity index (χ3v) is 2.74. The Kier molecular flexibility index (Phi) is 5.22. The van der Waals surface area contributed by atoms with Crippen molar-refractivity contribution in [3.05, 3.63) is 22.8 Å². The Morgan fingerprint density at radius 1 is 1.65 bits per heavy atom. The lowest BCUT2D eigenvalue weighted by atomic mass is 10.1. The van der Waals surface area contributed by atoms with Gasteiger partial charge in [0.1, 0.15) is 5.02 Å². The maximum absolute atomic E-state index is 10.8. The van der Waals surface area contributed by atoms with Gasteiger partial charge >= 0.3 is 5.97 Å². The van der Waals surface area contributed by atoms with Crippen LogP contribution in [0, 0.1) is 5.92 Å². The number of aromatic nitrogens is 1. The van der Waals surface area contributed by atoms with Gasteiger partial charge in [-0.15, -0.1) is 0 Å². The summed E-state index contributed by atoms with van der Waals surface area (Å²) in [5.74, 6) is -0.496. The fourth-order valence-electron chi connectivity index (χ4n) is 1.49. The van der Waals surface area contributed by atoms with Gasteiger partial charge in [0.05, 0.1) is 12.2 Å². The molecule has 0 aromatic carbocycles. The zero-order valence-electron chi connectivity index (χ0n) is 9.94. The van der Waals surface area contributed by atoms with Crippen LogP contribution in [0.25, 0.3) is 0 Å². The summed E-state index contributed by atoms with van der Waals surface area (Å²) in [6.07, 6.45) is 3.52. The van der Waals surface area contributed by atoms with Gasteiger partial charge in [0.15, 0.2) is 0 Å². The summed E-state index contributed by atoms with van der Waals surface area (Å²) >= 11 is 5.90. The summed E-state index contributed by atoms with van der Waals surface area (Å²) in [5, 5.41) is 8.94. The number of hydrogen-bond donors (Lipinski definition) is 1. The number of carbonyl (C=O) groups is 1. The van der Waals surface area contributed by atoms with Gasteiger partial charge in [-0.2, -0.15) is 0 Å². The minimum absolute atomic E-state index is 0.0137. The molecule has 0 aliphatic rings. The predicted octanol–water partition coefficient (Wildman–Crippen LogP) is 3.25. The molecule has 1 aromatic rings. The van der Waals surface area contributed by atoms with Crippen molar-refractivity contribution >= 4 is 17.6 Å². The lowest BCUT2D eigenvalue weighted by molar-refractivity contribution is 0.0696. The second-order valence-corrected chi connectivity index (χ2v) is 4.37. The highest BCUT2D eigenvalue weighted by Gasteiger charge is 2.14. The van der Waals surface area contributed by atoms with Crippen LogP contribution < -0.4 is 4.74 Å². The Morgan fingerprint density at radius 3 is 2.94 bits per heavy atom. The quantitative estimate of drug-likeness (QED) is 0.850.